The monoisotopic (exact) mass is 490 g/mol. The molecule has 4 rings (SSSR count). The zero-order valence-electron chi connectivity index (χ0n) is 22.3. The third-order valence-electron chi connectivity index (χ3n) is 6.89. The van der Waals surface area contributed by atoms with Crippen molar-refractivity contribution in [1.29, 1.82) is 0 Å². The first-order chi connectivity index (χ1) is 17.5. The molecule has 7 nitrogen and oxygen atoms in total. The number of nitrogens with zero attached hydrogens (tertiary/aromatic N) is 4. The Balaban J connectivity index is 1.18. The summed E-state index contributed by atoms with van der Waals surface area (Å²) in [6.45, 7) is 3.77. The number of ether oxygens (including phenoxy) is 1. The van der Waals surface area contributed by atoms with Crippen LogP contribution in [0, 0.1) is 5.92 Å². The van der Waals surface area contributed by atoms with Crippen LogP contribution in [0.15, 0.2) is 48.5 Å². The second-order valence-corrected chi connectivity index (χ2v) is 10.4. The van der Waals surface area contributed by atoms with Crippen molar-refractivity contribution in [1.82, 2.24) is 20.2 Å². The summed E-state index contributed by atoms with van der Waals surface area (Å²) in [5.41, 5.74) is 2.29. The van der Waals surface area contributed by atoms with Crippen molar-refractivity contribution < 1.29 is 4.74 Å². The first-order valence-corrected chi connectivity index (χ1v) is 13.3. The van der Waals surface area contributed by atoms with E-state index in [1.54, 1.807) is 0 Å². The van der Waals surface area contributed by atoms with Crippen LogP contribution >= 0.6 is 0 Å². The number of fused-ring (bicyclic) bond motifs is 1. The summed E-state index contributed by atoms with van der Waals surface area (Å²) in [6.07, 6.45) is 5.79. The van der Waals surface area contributed by atoms with E-state index in [0.29, 0.717) is 6.04 Å². The third kappa shape index (κ3) is 7.55. The van der Waals surface area contributed by atoms with E-state index in [2.05, 4.69) is 70.9 Å². The molecule has 1 aliphatic carbocycles. The Morgan fingerprint density at radius 2 is 1.67 bits per heavy atom. The van der Waals surface area contributed by atoms with E-state index in [4.69, 9.17) is 14.7 Å². The smallest absolute Gasteiger partial charge is 0.225 e. The highest BCUT2D eigenvalue weighted by atomic mass is 16.5. The minimum atomic E-state index is 0.433. The predicted octanol–water partition coefficient (Wildman–Crippen LogP) is 4.79. The van der Waals surface area contributed by atoms with Gasteiger partial charge in [-0.2, -0.15) is 4.98 Å². The van der Waals surface area contributed by atoms with Crippen LogP contribution < -0.4 is 20.3 Å². The fourth-order valence-electron chi connectivity index (χ4n) is 4.85. The lowest BCUT2D eigenvalue weighted by Gasteiger charge is -2.29. The van der Waals surface area contributed by atoms with Gasteiger partial charge in [0.25, 0.3) is 0 Å². The van der Waals surface area contributed by atoms with Gasteiger partial charge in [-0.05, 0) is 88.5 Å². The van der Waals surface area contributed by atoms with Gasteiger partial charge in [-0.1, -0.05) is 24.3 Å². The van der Waals surface area contributed by atoms with Crippen molar-refractivity contribution in [3.63, 3.8) is 0 Å². The molecule has 194 valence electrons. The molecule has 1 aliphatic rings. The van der Waals surface area contributed by atoms with Crippen LogP contribution in [-0.4, -0.2) is 68.8 Å². The maximum Gasteiger partial charge on any atom is 0.225 e. The van der Waals surface area contributed by atoms with E-state index >= 15 is 0 Å². The normalized spacial score (nSPS) is 17.9. The molecule has 0 bridgehead atoms. The molecule has 0 radical (unpaired) electrons. The van der Waals surface area contributed by atoms with Crippen LogP contribution in [0.25, 0.3) is 10.9 Å². The van der Waals surface area contributed by atoms with E-state index in [-0.39, 0.29) is 0 Å². The molecule has 1 aromatic heterocycles. The molecular weight excluding hydrogens is 448 g/mol. The molecule has 36 heavy (non-hydrogen) atoms. The minimum absolute atomic E-state index is 0.433. The van der Waals surface area contributed by atoms with Crippen molar-refractivity contribution in [3.8, 4) is 5.75 Å². The molecule has 2 N–H and O–H groups in total. The Hall–Kier alpha value is -2.90. The van der Waals surface area contributed by atoms with Crippen LogP contribution in [0.4, 0.5) is 11.8 Å². The molecule has 7 heteroatoms. The van der Waals surface area contributed by atoms with Crippen LogP contribution in [-0.2, 0) is 6.54 Å². The molecule has 0 unspecified atom stereocenters. The molecule has 0 atom stereocenters. The average Bonchev–Trinajstić information content (AvgIpc) is 2.88. The lowest BCUT2D eigenvalue weighted by atomic mass is 9.86. The second-order valence-electron chi connectivity index (χ2n) is 10.4. The van der Waals surface area contributed by atoms with Gasteiger partial charge in [-0.3, -0.25) is 0 Å². The number of nitrogens with one attached hydrogen (secondary N) is 2. The molecule has 1 fully saturated rings. The van der Waals surface area contributed by atoms with Crippen molar-refractivity contribution in [2.45, 2.75) is 44.7 Å². The van der Waals surface area contributed by atoms with Crippen molar-refractivity contribution in [3.05, 3.63) is 54.1 Å². The zero-order chi connectivity index (χ0) is 25.3. The lowest BCUT2D eigenvalue weighted by molar-refractivity contribution is 0.281. The van der Waals surface area contributed by atoms with E-state index < -0.39 is 0 Å². The van der Waals surface area contributed by atoms with Gasteiger partial charge in [0.1, 0.15) is 11.6 Å². The lowest BCUT2D eigenvalue weighted by Crippen LogP contribution is -2.31. The summed E-state index contributed by atoms with van der Waals surface area (Å²) in [5.74, 6) is 3.38. The maximum atomic E-state index is 5.84. The summed E-state index contributed by atoms with van der Waals surface area (Å²) in [4.78, 5) is 13.8. The number of aromatic nitrogens is 2. The fraction of sp³-hybridized carbons (Fsp3) is 0.517. The first kappa shape index (κ1) is 26.2. The predicted molar refractivity (Wildman–Crippen MR) is 150 cm³/mol. The standard InChI is InChI=1S/C29H42N6O/c1-34(2)18-7-19-36-25-16-12-23(13-17-25)21-30-20-22-10-14-24(15-11-22)31-29-32-27-9-6-5-8-26(27)28(33-29)35(3)4/h5-6,8-9,12-13,16-17,22,24,30H,7,10-11,14-15,18-21H2,1-4H3,(H,31,32,33). The average molecular weight is 491 g/mol. The van der Waals surface area contributed by atoms with Crippen molar-refractivity contribution >= 4 is 22.7 Å². The maximum absolute atomic E-state index is 5.84. The zero-order valence-corrected chi connectivity index (χ0v) is 22.3. The van der Waals surface area contributed by atoms with Gasteiger partial charge in [0.15, 0.2) is 0 Å². The molecule has 0 spiro atoms. The number of rotatable bonds is 12. The van der Waals surface area contributed by atoms with Gasteiger partial charge in [0.05, 0.1) is 12.1 Å². The quantitative estimate of drug-likeness (QED) is 0.354. The third-order valence-corrected chi connectivity index (χ3v) is 6.89. The fourth-order valence-corrected chi connectivity index (χ4v) is 4.85. The number of hydrogen-bond acceptors (Lipinski definition) is 7. The van der Waals surface area contributed by atoms with E-state index in [1.807, 2.05) is 26.2 Å². The minimum Gasteiger partial charge on any atom is -0.494 e. The number of para-hydroxylation sites is 1. The van der Waals surface area contributed by atoms with Crippen LogP contribution in [0.3, 0.4) is 0 Å². The van der Waals surface area contributed by atoms with Crippen molar-refractivity contribution in [2.75, 3.05) is 58.1 Å². The SMILES string of the molecule is CN(C)CCCOc1ccc(CNCC2CCC(Nc3nc(N(C)C)c4ccccc4n3)CC2)cc1. The van der Waals surface area contributed by atoms with Gasteiger partial charge in [0.2, 0.25) is 5.95 Å². The van der Waals surface area contributed by atoms with Crippen LogP contribution in [0.5, 0.6) is 5.75 Å². The summed E-state index contributed by atoms with van der Waals surface area (Å²) in [5, 5.41) is 8.37. The van der Waals surface area contributed by atoms with E-state index in [9.17, 15) is 0 Å². The largest absolute Gasteiger partial charge is 0.494 e. The molecular formula is C29H42N6O. The van der Waals surface area contributed by atoms with Crippen molar-refractivity contribution in [2.24, 2.45) is 5.92 Å². The molecule has 3 aromatic rings. The Bertz CT molecular complexity index is 1080. The Labute approximate surface area is 216 Å². The second kappa shape index (κ2) is 12.9. The molecule has 0 aliphatic heterocycles. The summed E-state index contributed by atoms with van der Waals surface area (Å²) < 4.78 is 5.84. The first-order valence-electron chi connectivity index (χ1n) is 13.3. The molecule has 0 saturated heterocycles. The Morgan fingerprint density at radius 3 is 2.39 bits per heavy atom. The van der Waals surface area contributed by atoms with Crippen LogP contribution in [0.2, 0.25) is 0 Å². The topological polar surface area (TPSA) is 65.6 Å². The highest BCUT2D eigenvalue weighted by Crippen LogP contribution is 2.28. The molecule has 0 amide bonds. The number of anilines is 2. The summed E-state index contributed by atoms with van der Waals surface area (Å²) in [7, 11) is 8.25. The van der Waals surface area contributed by atoms with Gasteiger partial charge < -0.3 is 25.2 Å². The molecule has 1 heterocycles. The Morgan fingerprint density at radius 1 is 0.917 bits per heavy atom. The number of benzene rings is 2. The van der Waals surface area contributed by atoms with E-state index in [0.717, 1.165) is 79.8 Å². The van der Waals surface area contributed by atoms with Crippen LogP contribution in [0.1, 0.15) is 37.7 Å². The number of hydrogen-bond donors (Lipinski definition) is 2. The van der Waals surface area contributed by atoms with Gasteiger partial charge >= 0.3 is 0 Å². The van der Waals surface area contributed by atoms with Gasteiger partial charge in [-0.25, -0.2) is 4.98 Å². The Kier molecular flexibility index (Phi) is 9.36. The summed E-state index contributed by atoms with van der Waals surface area (Å²) >= 11 is 0. The summed E-state index contributed by atoms with van der Waals surface area (Å²) in [6, 6.07) is 17.2. The van der Waals surface area contributed by atoms with Gasteiger partial charge in [-0.15, -0.1) is 0 Å². The highest BCUT2D eigenvalue weighted by molar-refractivity contribution is 5.90. The van der Waals surface area contributed by atoms with E-state index in [1.165, 1.54) is 18.4 Å². The molecule has 2 aromatic carbocycles. The molecule has 1 saturated carbocycles. The van der Waals surface area contributed by atoms with Gasteiger partial charge in [0, 0.05) is 38.6 Å². The highest BCUT2D eigenvalue weighted by Gasteiger charge is 2.22.